The van der Waals surface area contributed by atoms with Crippen molar-refractivity contribution in [3.8, 4) is 22.8 Å². The maximum Gasteiger partial charge on any atom is 0.147 e. The summed E-state index contributed by atoms with van der Waals surface area (Å²) >= 11 is 7.84. The molecular formula is C25H25ClN4O2S. The van der Waals surface area contributed by atoms with Crippen molar-refractivity contribution >= 4 is 44.5 Å². The van der Waals surface area contributed by atoms with Gasteiger partial charge in [-0.25, -0.2) is 4.98 Å². The largest absolute Gasteiger partial charge is 0.507 e. The van der Waals surface area contributed by atoms with Gasteiger partial charge in [-0.1, -0.05) is 17.7 Å². The van der Waals surface area contributed by atoms with Gasteiger partial charge in [0.2, 0.25) is 0 Å². The number of nitrogens with two attached hydrogens (primary N) is 2. The number of nitrogens with zero attached hydrogens (tertiary/aromatic N) is 1. The van der Waals surface area contributed by atoms with Gasteiger partial charge in [0, 0.05) is 27.2 Å². The topological polar surface area (TPSA) is 106 Å². The highest BCUT2D eigenvalue weighted by Gasteiger charge is 2.23. The van der Waals surface area contributed by atoms with Crippen molar-refractivity contribution in [3.63, 3.8) is 0 Å². The lowest BCUT2D eigenvalue weighted by Crippen LogP contribution is -2.29. The molecule has 0 saturated carbocycles. The number of rotatable bonds is 5. The van der Waals surface area contributed by atoms with Gasteiger partial charge >= 0.3 is 0 Å². The Labute approximate surface area is 201 Å². The smallest absolute Gasteiger partial charge is 0.147 e. The summed E-state index contributed by atoms with van der Waals surface area (Å²) in [7, 11) is 0. The molecule has 1 aliphatic heterocycles. The Morgan fingerprint density at radius 1 is 1.21 bits per heavy atom. The molecule has 0 amide bonds. The van der Waals surface area contributed by atoms with Crippen LogP contribution in [0.2, 0.25) is 5.02 Å². The lowest BCUT2D eigenvalue weighted by molar-refractivity contribution is 0.307. The molecule has 33 heavy (non-hydrogen) atoms. The number of phenolic OH excluding ortho intramolecular Hbond substituents is 1. The third-order valence-electron chi connectivity index (χ3n) is 6.12. The molecule has 1 atom stereocenters. The normalized spacial score (nSPS) is 16.2. The molecule has 5 rings (SSSR count). The predicted octanol–water partition coefficient (Wildman–Crippen LogP) is 5.53. The highest BCUT2D eigenvalue weighted by Crippen LogP contribution is 2.41. The Bertz CT molecular complexity index is 1320. The van der Waals surface area contributed by atoms with Crippen LogP contribution in [0.3, 0.4) is 0 Å². The molecule has 0 spiro atoms. The number of pyridine rings is 1. The second-order valence-electron chi connectivity index (χ2n) is 8.28. The quantitative estimate of drug-likeness (QED) is 0.299. The van der Waals surface area contributed by atoms with E-state index < -0.39 is 0 Å². The number of phenols is 1. The first-order chi connectivity index (χ1) is 16.0. The van der Waals surface area contributed by atoms with Crippen LogP contribution < -0.4 is 21.5 Å². The van der Waals surface area contributed by atoms with E-state index in [0.29, 0.717) is 34.3 Å². The molecule has 0 bridgehead atoms. The van der Waals surface area contributed by atoms with E-state index in [4.69, 9.17) is 27.8 Å². The molecular weight excluding hydrogens is 456 g/mol. The molecule has 1 unspecified atom stereocenters. The standard InChI is InChI=1S/C25H25ClN4O2S/c26-16-6-7-22-17(9-16)15(13-33-22)12-32-21-5-1-4-20(31)23(21)19-10-18(24(27)25(28)30-19)14-3-2-8-29-11-14/h1,4-7,9-10,13-14,29,31H,2-3,8,11-12,27H2,(H2,28,30). The minimum atomic E-state index is 0.0788. The van der Waals surface area contributed by atoms with Crippen LogP contribution in [0.25, 0.3) is 21.3 Å². The van der Waals surface area contributed by atoms with Crippen molar-refractivity contribution in [2.24, 2.45) is 0 Å². The number of aromatic nitrogens is 1. The van der Waals surface area contributed by atoms with E-state index in [0.717, 1.165) is 47.1 Å². The van der Waals surface area contributed by atoms with Gasteiger partial charge in [0.15, 0.2) is 0 Å². The van der Waals surface area contributed by atoms with Gasteiger partial charge in [0.05, 0.1) is 16.9 Å². The summed E-state index contributed by atoms with van der Waals surface area (Å²) in [6.45, 7) is 2.18. The van der Waals surface area contributed by atoms with Crippen molar-refractivity contribution in [1.82, 2.24) is 10.3 Å². The van der Waals surface area contributed by atoms with E-state index in [1.807, 2.05) is 30.3 Å². The zero-order chi connectivity index (χ0) is 22.9. The number of halogens is 1. The Morgan fingerprint density at radius 3 is 2.91 bits per heavy atom. The molecule has 6 nitrogen and oxygen atoms in total. The third kappa shape index (κ3) is 4.31. The van der Waals surface area contributed by atoms with E-state index in [1.54, 1.807) is 23.5 Å². The van der Waals surface area contributed by atoms with Crippen LogP contribution in [0.1, 0.15) is 29.9 Å². The number of hydrogen-bond donors (Lipinski definition) is 4. The zero-order valence-electron chi connectivity index (χ0n) is 18.0. The lowest BCUT2D eigenvalue weighted by atomic mass is 9.89. The molecule has 4 aromatic rings. The number of nitrogens with one attached hydrogen (secondary N) is 1. The van der Waals surface area contributed by atoms with E-state index >= 15 is 0 Å². The minimum Gasteiger partial charge on any atom is -0.507 e. The first-order valence-electron chi connectivity index (χ1n) is 10.9. The van der Waals surface area contributed by atoms with Crippen LogP contribution in [0, 0.1) is 0 Å². The summed E-state index contributed by atoms with van der Waals surface area (Å²) in [5, 5.41) is 18.0. The second kappa shape index (κ2) is 9.09. The molecule has 6 N–H and O–H groups in total. The van der Waals surface area contributed by atoms with Gasteiger partial charge in [-0.3, -0.25) is 0 Å². The SMILES string of the molecule is Nc1nc(-c2c(O)cccc2OCc2csc3ccc(Cl)cc23)cc(C2CCCNC2)c1N. The second-order valence-corrected chi connectivity index (χ2v) is 9.63. The Kier molecular flexibility index (Phi) is 6.01. The molecule has 0 aliphatic carbocycles. The number of nitrogen functional groups attached to an aromatic ring is 2. The number of ether oxygens (including phenoxy) is 1. The fraction of sp³-hybridized carbons (Fsp3) is 0.240. The summed E-state index contributed by atoms with van der Waals surface area (Å²) in [5.74, 6) is 1.12. The van der Waals surface area contributed by atoms with E-state index in [1.165, 1.54) is 0 Å². The molecule has 1 saturated heterocycles. The van der Waals surface area contributed by atoms with E-state index in [2.05, 4.69) is 15.7 Å². The number of piperidine rings is 1. The van der Waals surface area contributed by atoms with Crippen LogP contribution >= 0.6 is 22.9 Å². The maximum absolute atomic E-state index is 10.8. The highest BCUT2D eigenvalue weighted by atomic mass is 35.5. The highest BCUT2D eigenvalue weighted by molar-refractivity contribution is 7.17. The fourth-order valence-electron chi connectivity index (χ4n) is 4.40. The average molecular weight is 481 g/mol. The minimum absolute atomic E-state index is 0.0788. The van der Waals surface area contributed by atoms with Crippen molar-refractivity contribution in [2.45, 2.75) is 25.4 Å². The Hall–Kier alpha value is -3.00. The summed E-state index contributed by atoms with van der Waals surface area (Å²) in [4.78, 5) is 4.50. The van der Waals surface area contributed by atoms with Gasteiger partial charge in [0.1, 0.15) is 23.9 Å². The van der Waals surface area contributed by atoms with Crippen LogP contribution in [0.5, 0.6) is 11.5 Å². The fourth-order valence-corrected chi connectivity index (χ4v) is 5.50. The number of benzene rings is 2. The van der Waals surface area contributed by atoms with E-state index in [-0.39, 0.29) is 17.5 Å². The van der Waals surface area contributed by atoms with Gasteiger partial charge in [-0.05, 0) is 72.6 Å². The summed E-state index contributed by atoms with van der Waals surface area (Å²) in [6, 6.07) is 13.0. The first-order valence-corrected chi connectivity index (χ1v) is 12.1. The van der Waals surface area contributed by atoms with Crippen LogP contribution in [0.4, 0.5) is 11.5 Å². The van der Waals surface area contributed by atoms with Gasteiger partial charge in [-0.2, -0.15) is 0 Å². The Morgan fingerprint density at radius 2 is 2.09 bits per heavy atom. The van der Waals surface area contributed by atoms with Crippen molar-refractivity contribution in [3.05, 3.63) is 64.0 Å². The monoisotopic (exact) mass is 480 g/mol. The first kappa shape index (κ1) is 21.8. The molecule has 2 aromatic heterocycles. The molecule has 2 aromatic carbocycles. The lowest BCUT2D eigenvalue weighted by Gasteiger charge is -2.25. The predicted molar refractivity (Wildman–Crippen MR) is 136 cm³/mol. The zero-order valence-corrected chi connectivity index (χ0v) is 19.5. The Balaban J connectivity index is 1.51. The molecule has 0 radical (unpaired) electrons. The molecule has 8 heteroatoms. The number of anilines is 2. The number of hydrogen-bond acceptors (Lipinski definition) is 7. The average Bonchev–Trinajstić information content (AvgIpc) is 3.22. The van der Waals surface area contributed by atoms with Gasteiger partial charge in [0.25, 0.3) is 0 Å². The molecule has 1 fully saturated rings. The van der Waals surface area contributed by atoms with Gasteiger partial charge in [-0.15, -0.1) is 11.3 Å². The number of fused-ring (bicyclic) bond motifs is 1. The summed E-state index contributed by atoms with van der Waals surface area (Å²) in [5.41, 5.74) is 16.1. The van der Waals surface area contributed by atoms with Crippen molar-refractivity contribution in [2.75, 3.05) is 24.6 Å². The molecule has 3 heterocycles. The third-order valence-corrected chi connectivity index (χ3v) is 7.36. The van der Waals surface area contributed by atoms with Crippen LogP contribution in [-0.4, -0.2) is 23.2 Å². The molecule has 1 aliphatic rings. The summed E-state index contributed by atoms with van der Waals surface area (Å²) in [6.07, 6.45) is 2.10. The van der Waals surface area contributed by atoms with E-state index in [9.17, 15) is 5.11 Å². The van der Waals surface area contributed by atoms with Crippen molar-refractivity contribution in [1.29, 1.82) is 0 Å². The molecule has 170 valence electrons. The van der Waals surface area contributed by atoms with Gasteiger partial charge < -0.3 is 26.6 Å². The van der Waals surface area contributed by atoms with Crippen LogP contribution in [0.15, 0.2) is 47.8 Å². The van der Waals surface area contributed by atoms with Crippen LogP contribution in [-0.2, 0) is 6.61 Å². The number of thiophene rings is 1. The number of aromatic hydroxyl groups is 1. The van der Waals surface area contributed by atoms with Crippen molar-refractivity contribution < 1.29 is 9.84 Å². The maximum atomic E-state index is 10.8. The summed E-state index contributed by atoms with van der Waals surface area (Å²) < 4.78 is 7.35.